The summed E-state index contributed by atoms with van der Waals surface area (Å²) in [6, 6.07) is 15.0. The van der Waals surface area contributed by atoms with Crippen molar-refractivity contribution in [3.05, 3.63) is 71.0 Å². The van der Waals surface area contributed by atoms with Crippen molar-refractivity contribution in [3.63, 3.8) is 0 Å². The van der Waals surface area contributed by atoms with Crippen LogP contribution in [0.25, 0.3) is 0 Å². The standard InChI is InChI=1S/C21H21N3O2S/c1-13-5-6-16(12-19(13)26-4)20(25)24-17-7-9-18(10-8-17)27-21-22-14(2)11-15(3)23-21/h5-12H,1-4H3,(H,24,25). The molecule has 1 amide bonds. The van der Waals surface area contributed by atoms with Gasteiger partial charge in [-0.05, 0) is 80.6 Å². The minimum atomic E-state index is -0.175. The van der Waals surface area contributed by atoms with Crippen LogP contribution in [0.2, 0.25) is 0 Å². The lowest BCUT2D eigenvalue weighted by Crippen LogP contribution is -2.12. The SMILES string of the molecule is COc1cc(C(=O)Nc2ccc(Sc3nc(C)cc(C)n3)cc2)ccc1C. The van der Waals surface area contributed by atoms with Crippen LogP contribution in [-0.2, 0) is 0 Å². The van der Waals surface area contributed by atoms with Gasteiger partial charge in [0, 0.05) is 27.5 Å². The number of hydrogen-bond donors (Lipinski definition) is 1. The lowest BCUT2D eigenvalue weighted by atomic mass is 10.1. The van der Waals surface area contributed by atoms with Crippen LogP contribution in [-0.4, -0.2) is 23.0 Å². The van der Waals surface area contributed by atoms with E-state index in [9.17, 15) is 4.79 Å². The molecule has 1 aromatic heterocycles. The highest BCUT2D eigenvalue weighted by atomic mass is 32.2. The van der Waals surface area contributed by atoms with Gasteiger partial charge in [-0.25, -0.2) is 9.97 Å². The van der Waals surface area contributed by atoms with Gasteiger partial charge in [0.1, 0.15) is 5.75 Å². The molecule has 0 atom stereocenters. The zero-order valence-corrected chi connectivity index (χ0v) is 16.6. The third kappa shape index (κ3) is 4.86. The van der Waals surface area contributed by atoms with Gasteiger partial charge in [0.15, 0.2) is 5.16 Å². The van der Waals surface area contributed by atoms with E-state index < -0.39 is 0 Å². The van der Waals surface area contributed by atoms with Gasteiger partial charge in [-0.3, -0.25) is 4.79 Å². The first-order chi connectivity index (χ1) is 12.9. The van der Waals surface area contributed by atoms with Crippen LogP contribution >= 0.6 is 11.8 Å². The average Bonchev–Trinajstić information content (AvgIpc) is 2.63. The molecule has 0 saturated heterocycles. The van der Waals surface area contributed by atoms with Gasteiger partial charge >= 0.3 is 0 Å². The molecule has 3 aromatic rings. The lowest BCUT2D eigenvalue weighted by Gasteiger charge is -2.09. The Balaban J connectivity index is 1.69. The number of rotatable bonds is 5. The maximum absolute atomic E-state index is 12.5. The lowest BCUT2D eigenvalue weighted by molar-refractivity contribution is 0.102. The van der Waals surface area contributed by atoms with Gasteiger partial charge in [-0.2, -0.15) is 0 Å². The summed E-state index contributed by atoms with van der Waals surface area (Å²) < 4.78 is 5.28. The van der Waals surface area contributed by atoms with Crippen LogP contribution in [0.3, 0.4) is 0 Å². The van der Waals surface area contributed by atoms with E-state index in [0.717, 1.165) is 32.7 Å². The quantitative estimate of drug-likeness (QED) is 0.644. The Morgan fingerprint density at radius 2 is 1.63 bits per heavy atom. The Labute approximate surface area is 163 Å². The Kier molecular flexibility index (Phi) is 5.76. The van der Waals surface area contributed by atoms with Gasteiger partial charge < -0.3 is 10.1 Å². The van der Waals surface area contributed by atoms with Gasteiger partial charge in [-0.1, -0.05) is 6.07 Å². The molecule has 0 radical (unpaired) electrons. The van der Waals surface area contributed by atoms with Crippen LogP contribution < -0.4 is 10.1 Å². The van der Waals surface area contributed by atoms with Crippen molar-refractivity contribution in [2.75, 3.05) is 12.4 Å². The summed E-state index contributed by atoms with van der Waals surface area (Å²) >= 11 is 1.49. The Morgan fingerprint density at radius 3 is 2.26 bits per heavy atom. The number of carbonyl (C=O) groups excluding carboxylic acids is 1. The largest absolute Gasteiger partial charge is 0.496 e. The summed E-state index contributed by atoms with van der Waals surface area (Å²) in [7, 11) is 1.60. The van der Waals surface area contributed by atoms with Gasteiger partial charge in [0.05, 0.1) is 7.11 Å². The van der Waals surface area contributed by atoms with Crippen molar-refractivity contribution in [1.29, 1.82) is 0 Å². The predicted molar refractivity (Wildman–Crippen MR) is 108 cm³/mol. The Morgan fingerprint density at radius 1 is 0.963 bits per heavy atom. The monoisotopic (exact) mass is 379 g/mol. The van der Waals surface area contributed by atoms with Crippen LogP contribution in [0.1, 0.15) is 27.3 Å². The summed E-state index contributed by atoms with van der Waals surface area (Å²) in [6.07, 6.45) is 0. The second-order valence-corrected chi connectivity index (χ2v) is 7.24. The zero-order chi connectivity index (χ0) is 19.4. The number of hydrogen-bond acceptors (Lipinski definition) is 5. The molecule has 0 bridgehead atoms. The fourth-order valence-corrected chi connectivity index (χ4v) is 3.48. The molecule has 5 nitrogen and oxygen atoms in total. The molecule has 3 rings (SSSR count). The number of aromatic nitrogens is 2. The second-order valence-electron chi connectivity index (χ2n) is 6.20. The number of amides is 1. The summed E-state index contributed by atoms with van der Waals surface area (Å²) in [5, 5.41) is 3.62. The molecular formula is C21H21N3O2S. The van der Waals surface area contributed by atoms with E-state index in [1.807, 2.05) is 57.2 Å². The molecule has 6 heteroatoms. The minimum absolute atomic E-state index is 0.175. The summed E-state index contributed by atoms with van der Waals surface area (Å²) in [5.41, 5.74) is 4.17. The molecule has 0 spiro atoms. The number of ether oxygens (including phenoxy) is 1. The van der Waals surface area contributed by atoms with Crippen molar-refractivity contribution >= 4 is 23.4 Å². The molecule has 138 valence electrons. The van der Waals surface area contributed by atoms with E-state index in [1.165, 1.54) is 11.8 Å². The number of aryl methyl sites for hydroxylation is 3. The highest BCUT2D eigenvalue weighted by Crippen LogP contribution is 2.26. The van der Waals surface area contributed by atoms with Crippen LogP contribution in [0.15, 0.2) is 58.6 Å². The molecule has 0 aliphatic heterocycles. The number of anilines is 1. The molecule has 2 aromatic carbocycles. The topological polar surface area (TPSA) is 64.1 Å². The fourth-order valence-electron chi connectivity index (χ4n) is 2.62. The molecule has 27 heavy (non-hydrogen) atoms. The summed E-state index contributed by atoms with van der Waals surface area (Å²) in [6.45, 7) is 5.85. The van der Waals surface area contributed by atoms with Gasteiger partial charge in [0.2, 0.25) is 0 Å². The first-order valence-corrected chi connectivity index (χ1v) is 9.32. The maximum Gasteiger partial charge on any atom is 0.255 e. The first kappa shape index (κ1) is 18.9. The van der Waals surface area contributed by atoms with E-state index in [-0.39, 0.29) is 5.91 Å². The molecule has 0 aliphatic carbocycles. The molecule has 0 aliphatic rings. The van der Waals surface area contributed by atoms with Crippen LogP contribution in [0, 0.1) is 20.8 Å². The predicted octanol–water partition coefficient (Wildman–Crippen LogP) is 4.81. The molecule has 0 fully saturated rings. The van der Waals surface area contributed by atoms with Crippen molar-refractivity contribution in [2.45, 2.75) is 30.8 Å². The van der Waals surface area contributed by atoms with Crippen molar-refractivity contribution in [3.8, 4) is 5.75 Å². The molecule has 1 N–H and O–H groups in total. The second kappa shape index (κ2) is 8.22. The normalized spacial score (nSPS) is 10.5. The third-order valence-electron chi connectivity index (χ3n) is 3.95. The van der Waals surface area contributed by atoms with Gasteiger partial charge in [-0.15, -0.1) is 0 Å². The number of methoxy groups -OCH3 is 1. The van der Waals surface area contributed by atoms with E-state index in [1.54, 1.807) is 19.2 Å². The van der Waals surface area contributed by atoms with E-state index in [0.29, 0.717) is 11.3 Å². The summed E-state index contributed by atoms with van der Waals surface area (Å²) in [5.74, 6) is 0.522. The Bertz CT molecular complexity index is 951. The van der Waals surface area contributed by atoms with Gasteiger partial charge in [0.25, 0.3) is 5.91 Å². The maximum atomic E-state index is 12.5. The number of nitrogens with zero attached hydrogens (tertiary/aromatic N) is 2. The van der Waals surface area contributed by atoms with Crippen molar-refractivity contribution < 1.29 is 9.53 Å². The van der Waals surface area contributed by atoms with Crippen LogP contribution in [0.4, 0.5) is 5.69 Å². The van der Waals surface area contributed by atoms with E-state index in [4.69, 9.17) is 4.74 Å². The molecular weight excluding hydrogens is 358 g/mol. The number of nitrogens with one attached hydrogen (secondary N) is 1. The fraction of sp³-hybridized carbons (Fsp3) is 0.190. The Hall–Kier alpha value is -2.86. The minimum Gasteiger partial charge on any atom is -0.496 e. The van der Waals surface area contributed by atoms with E-state index >= 15 is 0 Å². The third-order valence-corrected chi connectivity index (χ3v) is 4.83. The summed E-state index contributed by atoms with van der Waals surface area (Å²) in [4.78, 5) is 22.3. The van der Waals surface area contributed by atoms with E-state index in [2.05, 4.69) is 15.3 Å². The number of benzene rings is 2. The highest BCUT2D eigenvalue weighted by Gasteiger charge is 2.09. The van der Waals surface area contributed by atoms with Crippen LogP contribution in [0.5, 0.6) is 5.75 Å². The van der Waals surface area contributed by atoms with Crippen molar-refractivity contribution in [2.24, 2.45) is 0 Å². The highest BCUT2D eigenvalue weighted by molar-refractivity contribution is 7.99. The zero-order valence-electron chi connectivity index (χ0n) is 15.7. The number of carbonyl (C=O) groups is 1. The van der Waals surface area contributed by atoms with Crippen molar-refractivity contribution in [1.82, 2.24) is 9.97 Å². The average molecular weight is 379 g/mol. The smallest absolute Gasteiger partial charge is 0.255 e. The molecule has 0 saturated carbocycles. The molecule has 1 heterocycles. The molecule has 0 unspecified atom stereocenters. The first-order valence-electron chi connectivity index (χ1n) is 8.51.